The number of sulfonamides is 1. The van der Waals surface area contributed by atoms with E-state index < -0.39 is 28.5 Å². The van der Waals surface area contributed by atoms with Gasteiger partial charge in [0, 0.05) is 28.7 Å². The third-order valence-corrected chi connectivity index (χ3v) is 8.93. The lowest BCUT2D eigenvalue weighted by molar-refractivity contribution is -0.140. The Balaban J connectivity index is 2.08. The van der Waals surface area contributed by atoms with Crippen LogP contribution in [-0.4, -0.2) is 51.4 Å². The van der Waals surface area contributed by atoms with Gasteiger partial charge in [0.2, 0.25) is 11.8 Å². The van der Waals surface area contributed by atoms with E-state index in [0.29, 0.717) is 27.9 Å². The number of hydrogen-bond acceptors (Lipinski definition) is 5. The van der Waals surface area contributed by atoms with Crippen molar-refractivity contribution in [3.8, 4) is 5.75 Å². The zero-order valence-electron chi connectivity index (χ0n) is 23.5. The van der Waals surface area contributed by atoms with Crippen molar-refractivity contribution in [2.45, 2.75) is 44.7 Å². The molecule has 3 rings (SSSR count). The standard InChI is InChI=1S/C30H35Cl2N3O5S/c1-5-28(30(37)33-18-21(2)3)34(19-25-26(31)12-9-13-27(25)32)29(36)20-35(22-14-16-23(40-4)17-15-22)41(38,39)24-10-7-6-8-11-24/h6-17,21,28H,5,18-20H2,1-4H3,(H,33,37)/t28-/m0/s1. The van der Waals surface area contributed by atoms with Gasteiger partial charge >= 0.3 is 0 Å². The van der Waals surface area contributed by atoms with Gasteiger partial charge in [-0.25, -0.2) is 8.42 Å². The molecule has 1 N–H and O–H groups in total. The predicted molar refractivity (Wildman–Crippen MR) is 163 cm³/mol. The van der Waals surface area contributed by atoms with Crippen molar-refractivity contribution in [1.82, 2.24) is 10.2 Å². The number of ether oxygens (including phenoxy) is 1. The first kappa shape index (κ1) is 32.2. The molecule has 0 aliphatic heterocycles. The SMILES string of the molecule is CC[C@@H](C(=O)NCC(C)C)N(Cc1c(Cl)cccc1Cl)C(=O)CN(c1ccc(OC)cc1)S(=O)(=O)c1ccccc1. The second-order valence-electron chi connectivity index (χ2n) is 9.81. The lowest BCUT2D eigenvalue weighted by Crippen LogP contribution is -2.52. The molecule has 3 aromatic carbocycles. The third-order valence-electron chi connectivity index (χ3n) is 6.43. The van der Waals surface area contributed by atoms with Crippen LogP contribution >= 0.6 is 23.2 Å². The van der Waals surface area contributed by atoms with Gasteiger partial charge in [-0.1, -0.05) is 68.2 Å². The molecule has 0 saturated heterocycles. The highest BCUT2D eigenvalue weighted by Crippen LogP contribution is 2.29. The molecule has 0 unspecified atom stereocenters. The Labute approximate surface area is 252 Å². The Morgan fingerprint density at radius 2 is 1.54 bits per heavy atom. The van der Waals surface area contributed by atoms with Crippen molar-refractivity contribution in [2.24, 2.45) is 5.92 Å². The van der Waals surface area contributed by atoms with Crippen molar-refractivity contribution in [3.63, 3.8) is 0 Å². The zero-order valence-corrected chi connectivity index (χ0v) is 25.8. The second kappa shape index (κ2) is 14.6. The number of carbonyl (C=O) groups is 2. The Bertz CT molecular complexity index is 1410. The Morgan fingerprint density at radius 1 is 0.927 bits per heavy atom. The molecule has 2 amide bonds. The molecular weight excluding hydrogens is 585 g/mol. The Hall–Kier alpha value is -3.27. The largest absolute Gasteiger partial charge is 0.497 e. The average molecular weight is 621 g/mol. The summed E-state index contributed by atoms with van der Waals surface area (Å²) < 4.78 is 34.0. The van der Waals surface area contributed by atoms with E-state index >= 15 is 0 Å². The van der Waals surface area contributed by atoms with Crippen LogP contribution in [0.5, 0.6) is 5.75 Å². The molecular formula is C30H35Cl2N3O5S. The zero-order chi connectivity index (χ0) is 30.2. The summed E-state index contributed by atoms with van der Waals surface area (Å²) in [4.78, 5) is 28.8. The van der Waals surface area contributed by atoms with E-state index in [-0.39, 0.29) is 35.4 Å². The summed E-state index contributed by atoms with van der Waals surface area (Å²) in [5.74, 6) is -0.220. The lowest BCUT2D eigenvalue weighted by atomic mass is 10.1. The number of halogens is 2. The van der Waals surface area contributed by atoms with Gasteiger partial charge in [-0.05, 0) is 60.9 Å². The summed E-state index contributed by atoms with van der Waals surface area (Å²) in [6.45, 7) is 5.48. The number of anilines is 1. The Kier molecular flexibility index (Phi) is 11.5. The number of carbonyl (C=O) groups excluding carboxylic acids is 2. The number of nitrogens with one attached hydrogen (secondary N) is 1. The minimum absolute atomic E-state index is 0.0195. The van der Waals surface area contributed by atoms with Crippen LogP contribution in [-0.2, 0) is 26.2 Å². The highest BCUT2D eigenvalue weighted by Gasteiger charge is 2.34. The van der Waals surface area contributed by atoms with Crippen molar-refractivity contribution in [2.75, 3.05) is 24.5 Å². The summed E-state index contributed by atoms with van der Waals surface area (Å²) in [6.07, 6.45) is 0.283. The molecule has 0 spiro atoms. The lowest BCUT2D eigenvalue weighted by Gasteiger charge is -2.33. The van der Waals surface area contributed by atoms with E-state index in [2.05, 4.69) is 5.32 Å². The van der Waals surface area contributed by atoms with Gasteiger partial charge < -0.3 is 15.0 Å². The fraction of sp³-hybridized carbons (Fsp3) is 0.333. The topological polar surface area (TPSA) is 96.0 Å². The maximum Gasteiger partial charge on any atom is 0.264 e. The van der Waals surface area contributed by atoms with Gasteiger partial charge in [0.25, 0.3) is 10.0 Å². The molecule has 0 heterocycles. The molecule has 8 nitrogen and oxygen atoms in total. The second-order valence-corrected chi connectivity index (χ2v) is 12.5. The minimum atomic E-state index is -4.17. The third kappa shape index (κ3) is 8.15. The Morgan fingerprint density at radius 3 is 2.07 bits per heavy atom. The molecule has 1 atom stereocenters. The molecule has 0 saturated carbocycles. The molecule has 0 bridgehead atoms. The first-order chi connectivity index (χ1) is 19.5. The number of rotatable bonds is 13. The van der Waals surface area contributed by atoms with Gasteiger partial charge in [0.1, 0.15) is 18.3 Å². The van der Waals surface area contributed by atoms with Crippen LogP contribution in [0.25, 0.3) is 0 Å². The molecule has 220 valence electrons. The first-order valence-corrected chi connectivity index (χ1v) is 15.4. The normalized spacial score (nSPS) is 12.1. The fourth-order valence-electron chi connectivity index (χ4n) is 4.19. The summed E-state index contributed by atoms with van der Waals surface area (Å²) in [6, 6.07) is 18.3. The van der Waals surface area contributed by atoms with E-state index in [4.69, 9.17) is 27.9 Å². The van der Waals surface area contributed by atoms with Crippen molar-refractivity contribution in [1.29, 1.82) is 0 Å². The molecule has 3 aromatic rings. The maximum atomic E-state index is 14.1. The van der Waals surface area contributed by atoms with E-state index in [0.717, 1.165) is 4.31 Å². The highest BCUT2D eigenvalue weighted by atomic mass is 35.5. The molecule has 11 heteroatoms. The van der Waals surface area contributed by atoms with Gasteiger partial charge in [0.15, 0.2) is 0 Å². The van der Waals surface area contributed by atoms with Crippen LogP contribution in [0.1, 0.15) is 32.8 Å². The highest BCUT2D eigenvalue weighted by molar-refractivity contribution is 7.92. The molecule has 0 aliphatic rings. The number of methoxy groups -OCH3 is 1. The van der Waals surface area contributed by atoms with E-state index in [1.807, 2.05) is 13.8 Å². The van der Waals surface area contributed by atoms with Crippen LogP contribution in [0.15, 0.2) is 77.7 Å². The van der Waals surface area contributed by atoms with Crippen LogP contribution in [0, 0.1) is 5.92 Å². The van der Waals surface area contributed by atoms with E-state index in [1.54, 1.807) is 67.6 Å². The number of amides is 2. The number of benzene rings is 3. The number of nitrogens with zero attached hydrogens (tertiary/aromatic N) is 2. The summed E-state index contributed by atoms with van der Waals surface area (Å²) >= 11 is 12.9. The molecule has 41 heavy (non-hydrogen) atoms. The molecule has 0 fully saturated rings. The average Bonchev–Trinajstić information content (AvgIpc) is 2.96. The van der Waals surface area contributed by atoms with Crippen molar-refractivity contribution in [3.05, 3.63) is 88.4 Å². The van der Waals surface area contributed by atoms with Crippen LogP contribution < -0.4 is 14.4 Å². The van der Waals surface area contributed by atoms with Crippen molar-refractivity contribution < 1.29 is 22.7 Å². The van der Waals surface area contributed by atoms with Gasteiger partial charge in [0.05, 0.1) is 17.7 Å². The molecule has 0 aliphatic carbocycles. The first-order valence-electron chi connectivity index (χ1n) is 13.2. The minimum Gasteiger partial charge on any atom is -0.497 e. The quantitative estimate of drug-likeness (QED) is 0.262. The monoisotopic (exact) mass is 619 g/mol. The summed E-state index contributed by atoms with van der Waals surface area (Å²) in [7, 11) is -2.67. The molecule has 0 radical (unpaired) electrons. The van der Waals surface area contributed by atoms with Crippen LogP contribution in [0.3, 0.4) is 0 Å². The predicted octanol–water partition coefficient (Wildman–Crippen LogP) is 5.78. The van der Waals surface area contributed by atoms with E-state index in [9.17, 15) is 18.0 Å². The molecule has 0 aromatic heterocycles. The summed E-state index contributed by atoms with van der Waals surface area (Å²) in [5, 5.41) is 3.55. The fourth-order valence-corrected chi connectivity index (χ4v) is 6.14. The van der Waals surface area contributed by atoms with Gasteiger partial charge in [-0.15, -0.1) is 0 Å². The van der Waals surface area contributed by atoms with Gasteiger partial charge in [-0.3, -0.25) is 13.9 Å². The maximum absolute atomic E-state index is 14.1. The van der Waals surface area contributed by atoms with Gasteiger partial charge in [-0.2, -0.15) is 0 Å². The number of hydrogen-bond donors (Lipinski definition) is 1. The smallest absolute Gasteiger partial charge is 0.264 e. The van der Waals surface area contributed by atoms with Crippen molar-refractivity contribution >= 4 is 50.7 Å². The van der Waals surface area contributed by atoms with Crippen LogP contribution in [0.4, 0.5) is 5.69 Å². The van der Waals surface area contributed by atoms with E-state index in [1.165, 1.54) is 24.1 Å². The summed E-state index contributed by atoms with van der Waals surface area (Å²) in [5.41, 5.74) is 0.720. The van der Waals surface area contributed by atoms with Crippen LogP contribution in [0.2, 0.25) is 10.0 Å².